The van der Waals surface area contributed by atoms with E-state index in [1.54, 1.807) is 0 Å². The zero-order valence-corrected chi connectivity index (χ0v) is 26.3. The summed E-state index contributed by atoms with van der Waals surface area (Å²) in [6, 6.07) is 0. The Hall–Kier alpha value is -0.400. The van der Waals surface area contributed by atoms with E-state index in [-0.39, 0.29) is 0 Å². The van der Waals surface area contributed by atoms with Crippen molar-refractivity contribution in [2.45, 2.75) is 77.2 Å². The first-order chi connectivity index (χ1) is 20.4. The molecule has 1 saturated heterocycles. The Morgan fingerprint density at radius 1 is 0.390 bits per heavy atom. The van der Waals surface area contributed by atoms with E-state index >= 15 is 0 Å². The lowest BCUT2D eigenvalue weighted by atomic mass is 10.1. The Labute approximate surface area is 250 Å². The second kappa shape index (κ2) is 34.1. The van der Waals surface area contributed by atoms with E-state index in [4.69, 9.17) is 42.6 Å². The van der Waals surface area contributed by atoms with Gasteiger partial charge in [-0.3, -0.25) is 0 Å². The molecule has 0 atom stereocenters. The maximum absolute atomic E-state index is 5.79. The van der Waals surface area contributed by atoms with Crippen LogP contribution in [0.2, 0.25) is 0 Å². The zero-order valence-electron chi connectivity index (χ0n) is 26.3. The highest BCUT2D eigenvalue weighted by atomic mass is 16.6. The van der Waals surface area contributed by atoms with E-state index in [9.17, 15) is 0 Å². The van der Waals surface area contributed by atoms with E-state index in [1.807, 2.05) is 0 Å². The summed E-state index contributed by atoms with van der Waals surface area (Å²) in [6.45, 7) is 14.4. The van der Waals surface area contributed by atoms with Gasteiger partial charge in [0.05, 0.1) is 112 Å². The monoisotopic (exact) mass is 593 g/mol. The van der Waals surface area contributed by atoms with Crippen LogP contribution in [0.25, 0.3) is 0 Å². The van der Waals surface area contributed by atoms with Gasteiger partial charge in [-0.1, -0.05) is 51.9 Å². The molecule has 10 heteroatoms. The summed E-state index contributed by atoms with van der Waals surface area (Å²) in [5.41, 5.74) is 0. The Morgan fingerprint density at radius 3 is 1.10 bits per heavy atom. The number of piperidine rings is 1. The van der Waals surface area contributed by atoms with Crippen molar-refractivity contribution in [3.05, 3.63) is 0 Å². The minimum Gasteiger partial charge on any atom is -0.379 e. The molecule has 0 aromatic rings. The van der Waals surface area contributed by atoms with Crippen LogP contribution in [0.15, 0.2) is 0 Å². The van der Waals surface area contributed by atoms with Crippen molar-refractivity contribution < 1.29 is 42.6 Å². The first-order valence-corrected chi connectivity index (χ1v) is 16.4. The van der Waals surface area contributed by atoms with Gasteiger partial charge in [0.2, 0.25) is 0 Å². The lowest BCUT2D eigenvalue weighted by Gasteiger charge is -2.22. The van der Waals surface area contributed by atoms with Gasteiger partial charge in [-0.2, -0.15) is 0 Å². The summed E-state index contributed by atoms with van der Waals surface area (Å²) >= 11 is 0. The lowest BCUT2D eigenvalue weighted by molar-refractivity contribution is -0.0318. The van der Waals surface area contributed by atoms with Crippen molar-refractivity contribution in [3.63, 3.8) is 0 Å². The summed E-state index contributed by atoms with van der Waals surface area (Å²) in [5, 5.41) is 3.33. The van der Waals surface area contributed by atoms with E-state index in [0.29, 0.717) is 112 Å². The number of ether oxygens (including phenoxy) is 9. The van der Waals surface area contributed by atoms with Gasteiger partial charge in [0.1, 0.15) is 0 Å². The minimum atomic E-state index is 0.380. The minimum absolute atomic E-state index is 0.380. The highest BCUT2D eigenvalue weighted by Crippen LogP contribution is 2.08. The molecule has 0 saturated carbocycles. The summed E-state index contributed by atoms with van der Waals surface area (Å²) in [6.07, 6.45) is 13.1. The van der Waals surface area contributed by atoms with Gasteiger partial charge < -0.3 is 47.9 Å². The molecule has 1 N–H and O–H groups in total. The van der Waals surface area contributed by atoms with E-state index in [1.165, 1.54) is 44.9 Å². The maximum atomic E-state index is 5.79. The number of hydrogen-bond acceptors (Lipinski definition) is 10. The molecule has 10 nitrogen and oxygen atoms in total. The fourth-order valence-corrected chi connectivity index (χ4v) is 4.22. The van der Waals surface area contributed by atoms with Gasteiger partial charge in [-0.15, -0.1) is 0 Å². The van der Waals surface area contributed by atoms with Crippen molar-refractivity contribution in [1.82, 2.24) is 5.32 Å². The predicted molar refractivity (Wildman–Crippen MR) is 161 cm³/mol. The fourth-order valence-electron chi connectivity index (χ4n) is 4.22. The molecule has 0 aliphatic carbocycles. The van der Waals surface area contributed by atoms with E-state index in [2.05, 4.69) is 12.2 Å². The van der Waals surface area contributed by atoms with Crippen LogP contribution in [-0.4, -0.2) is 132 Å². The quantitative estimate of drug-likeness (QED) is 0.110. The molecule has 0 radical (unpaired) electrons. The number of unbranched alkanes of at least 4 members (excludes halogenated alkanes) is 7. The first kappa shape index (κ1) is 38.6. The number of nitrogens with one attached hydrogen (secondary N) is 1. The topological polar surface area (TPSA) is 95.1 Å². The third kappa shape index (κ3) is 30.8. The summed E-state index contributed by atoms with van der Waals surface area (Å²) in [4.78, 5) is 0. The second-order valence-corrected chi connectivity index (χ2v) is 10.2. The smallest absolute Gasteiger partial charge is 0.0704 e. The molecular weight excluding hydrogens is 530 g/mol. The molecule has 0 bridgehead atoms. The first-order valence-electron chi connectivity index (χ1n) is 16.4. The molecule has 246 valence electrons. The molecule has 0 unspecified atom stereocenters. The fraction of sp³-hybridized carbons (Fsp3) is 1.00. The van der Waals surface area contributed by atoms with Crippen molar-refractivity contribution in [2.75, 3.05) is 125 Å². The zero-order chi connectivity index (χ0) is 29.2. The predicted octanol–water partition coefficient (Wildman–Crippen LogP) is 4.03. The Bertz CT molecular complexity index is 485. The molecule has 0 spiro atoms. The van der Waals surface area contributed by atoms with Gasteiger partial charge >= 0.3 is 0 Å². The van der Waals surface area contributed by atoms with Crippen LogP contribution in [-0.2, 0) is 42.6 Å². The van der Waals surface area contributed by atoms with E-state index < -0.39 is 0 Å². The van der Waals surface area contributed by atoms with Crippen LogP contribution < -0.4 is 5.32 Å². The van der Waals surface area contributed by atoms with Gasteiger partial charge in [0.25, 0.3) is 0 Å². The number of hydrogen-bond donors (Lipinski definition) is 1. The Kier molecular flexibility index (Phi) is 32.1. The van der Waals surface area contributed by atoms with Gasteiger partial charge in [-0.05, 0) is 32.4 Å². The third-order valence-electron chi connectivity index (χ3n) is 6.61. The van der Waals surface area contributed by atoms with Crippen molar-refractivity contribution in [3.8, 4) is 0 Å². The number of rotatable bonds is 34. The highest BCUT2D eigenvalue weighted by Gasteiger charge is 2.12. The van der Waals surface area contributed by atoms with Gasteiger partial charge in [0, 0.05) is 6.61 Å². The maximum Gasteiger partial charge on any atom is 0.0704 e. The van der Waals surface area contributed by atoms with Crippen molar-refractivity contribution >= 4 is 0 Å². The van der Waals surface area contributed by atoms with Crippen LogP contribution in [0.1, 0.15) is 71.1 Å². The van der Waals surface area contributed by atoms with Crippen LogP contribution in [0.3, 0.4) is 0 Å². The van der Waals surface area contributed by atoms with Crippen LogP contribution >= 0.6 is 0 Å². The molecule has 1 rings (SSSR count). The average Bonchev–Trinajstić information content (AvgIpc) is 3.00. The summed E-state index contributed by atoms with van der Waals surface area (Å²) in [5.74, 6) is 0. The molecule has 0 amide bonds. The molecule has 1 aliphatic rings. The molecule has 0 aromatic carbocycles. The summed E-state index contributed by atoms with van der Waals surface area (Å²) < 4.78 is 50.0. The SMILES string of the molecule is CCCCCCCCCCOCCOCCOCCOCCOCCOCCOCCOCCOC1CCNCC1. The molecule has 0 aromatic heterocycles. The second-order valence-electron chi connectivity index (χ2n) is 10.2. The molecular formula is C31H63NO9. The summed E-state index contributed by atoms with van der Waals surface area (Å²) in [7, 11) is 0. The normalized spacial score (nSPS) is 14.3. The van der Waals surface area contributed by atoms with Crippen LogP contribution in [0.4, 0.5) is 0 Å². The van der Waals surface area contributed by atoms with Crippen molar-refractivity contribution in [2.24, 2.45) is 0 Å². The molecule has 1 heterocycles. The molecule has 41 heavy (non-hydrogen) atoms. The Morgan fingerprint density at radius 2 is 0.707 bits per heavy atom. The van der Waals surface area contributed by atoms with Gasteiger partial charge in [0.15, 0.2) is 0 Å². The lowest BCUT2D eigenvalue weighted by Crippen LogP contribution is -2.33. The van der Waals surface area contributed by atoms with Gasteiger partial charge in [-0.25, -0.2) is 0 Å². The Balaban J connectivity index is 1.60. The molecule has 1 aliphatic heterocycles. The molecule has 1 fully saturated rings. The highest BCUT2D eigenvalue weighted by molar-refractivity contribution is 4.67. The van der Waals surface area contributed by atoms with Crippen molar-refractivity contribution in [1.29, 1.82) is 0 Å². The third-order valence-corrected chi connectivity index (χ3v) is 6.61. The van der Waals surface area contributed by atoms with Crippen LogP contribution in [0, 0.1) is 0 Å². The standard InChI is InChI=1S/C31H63NO9/c1-2-3-4-5-6-7-8-9-14-33-15-16-34-17-18-35-19-20-36-21-22-37-23-24-38-25-26-39-27-28-40-29-30-41-31-10-12-32-13-11-31/h31-32H,2-30H2,1H3. The van der Waals surface area contributed by atoms with E-state index in [0.717, 1.165) is 39.0 Å². The van der Waals surface area contributed by atoms with Crippen LogP contribution in [0.5, 0.6) is 0 Å². The largest absolute Gasteiger partial charge is 0.379 e. The average molecular weight is 594 g/mol.